The summed E-state index contributed by atoms with van der Waals surface area (Å²) in [5, 5.41) is 3.04. The van der Waals surface area contributed by atoms with Crippen molar-refractivity contribution in [1.82, 2.24) is 5.32 Å². The van der Waals surface area contributed by atoms with Crippen LogP contribution in [0.3, 0.4) is 0 Å². The van der Waals surface area contributed by atoms with Gasteiger partial charge in [-0.25, -0.2) is 0 Å². The number of nitrogens with one attached hydrogen (secondary N) is 1. The minimum atomic E-state index is -0.823. The lowest BCUT2D eigenvalue weighted by molar-refractivity contribution is -0.126. The van der Waals surface area contributed by atoms with Gasteiger partial charge in [0.1, 0.15) is 29.4 Å². The molecule has 0 spiro atoms. The first kappa shape index (κ1) is 15.4. The highest BCUT2D eigenvalue weighted by Crippen LogP contribution is 2.40. The van der Waals surface area contributed by atoms with E-state index in [0.717, 1.165) is 12.8 Å². The van der Waals surface area contributed by atoms with Crippen molar-refractivity contribution in [3.05, 3.63) is 18.2 Å². The van der Waals surface area contributed by atoms with Crippen LogP contribution in [0.4, 0.5) is 0 Å². The molecular weight excluding hydrogens is 272 g/mol. The minimum absolute atomic E-state index is 0.180. The Morgan fingerprint density at radius 3 is 2.14 bits per heavy atom. The molecule has 1 unspecified atom stereocenters. The summed E-state index contributed by atoms with van der Waals surface area (Å²) in [5.74, 6) is 1.68. The summed E-state index contributed by atoms with van der Waals surface area (Å²) in [6.07, 6.45) is 1.96. The number of hydrogen-bond donors (Lipinski definition) is 2. The van der Waals surface area contributed by atoms with Crippen molar-refractivity contribution < 1.29 is 19.0 Å². The zero-order valence-corrected chi connectivity index (χ0v) is 12.6. The van der Waals surface area contributed by atoms with Crippen LogP contribution >= 0.6 is 0 Å². The molecule has 1 saturated carbocycles. The Labute approximate surface area is 124 Å². The van der Waals surface area contributed by atoms with Crippen LogP contribution in [-0.2, 0) is 4.79 Å². The molecule has 21 heavy (non-hydrogen) atoms. The average Bonchev–Trinajstić information content (AvgIpc) is 3.32. The standard InChI is InChI=1S/C15H22N2O4/c1-17-15(14(16)18,10-4-5-10)9-21-13-7-11(19-2)6-12(8-13)20-3/h6-8,10,17H,4-5,9H2,1-3H3,(H2,16,18). The molecule has 0 heterocycles. The Bertz CT molecular complexity index is 494. The van der Waals surface area contributed by atoms with Crippen LogP contribution in [-0.4, -0.2) is 39.3 Å². The van der Waals surface area contributed by atoms with Crippen LogP contribution in [0, 0.1) is 5.92 Å². The lowest BCUT2D eigenvalue weighted by Crippen LogP contribution is -2.59. The third-order valence-electron chi connectivity index (χ3n) is 3.95. The molecule has 0 bridgehead atoms. The van der Waals surface area contributed by atoms with Crippen LogP contribution < -0.4 is 25.3 Å². The maximum Gasteiger partial charge on any atom is 0.241 e. The largest absolute Gasteiger partial charge is 0.496 e. The van der Waals surface area contributed by atoms with Gasteiger partial charge in [-0.2, -0.15) is 0 Å². The van der Waals surface area contributed by atoms with Crippen LogP contribution in [0.2, 0.25) is 0 Å². The van der Waals surface area contributed by atoms with Crippen molar-refractivity contribution in [2.45, 2.75) is 18.4 Å². The van der Waals surface area contributed by atoms with Gasteiger partial charge >= 0.3 is 0 Å². The number of carbonyl (C=O) groups is 1. The summed E-state index contributed by atoms with van der Waals surface area (Å²) in [6, 6.07) is 5.25. The molecule has 1 atom stereocenters. The predicted octanol–water partition coefficient (Wildman–Crippen LogP) is 0.936. The second-order valence-electron chi connectivity index (χ2n) is 5.20. The molecule has 1 amide bonds. The number of nitrogens with two attached hydrogens (primary N) is 1. The van der Waals surface area contributed by atoms with Crippen molar-refractivity contribution in [2.24, 2.45) is 11.7 Å². The van der Waals surface area contributed by atoms with E-state index in [0.29, 0.717) is 17.2 Å². The number of benzene rings is 1. The van der Waals surface area contributed by atoms with Gasteiger partial charge in [-0.05, 0) is 25.8 Å². The monoisotopic (exact) mass is 294 g/mol. The molecule has 1 aliphatic carbocycles. The summed E-state index contributed by atoms with van der Waals surface area (Å²) >= 11 is 0. The molecule has 0 aromatic heterocycles. The fraction of sp³-hybridized carbons (Fsp3) is 0.533. The molecule has 0 aliphatic heterocycles. The van der Waals surface area contributed by atoms with Gasteiger partial charge in [-0.1, -0.05) is 0 Å². The summed E-state index contributed by atoms with van der Waals surface area (Å²) in [5.41, 5.74) is 4.75. The maximum atomic E-state index is 11.8. The number of likely N-dealkylation sites (N-methyl/N-ethyl adjacent to an activating group) is 1. The lowest BCUT2D eigenvalue weighted by Gasteiger charge is -2.30. The van der Waals surface area contributed by atoms with E-state index in [1.54, 1.807) is 39.5 Å². The van der Waals surface area contributed by atoms with Gasteiger partial charge in [-0.15, -0.1) is 0 Å². The summed E-state index contributed by atoms with van der Waals surface area (Å²) in [7, 11) is 4.88. The number of rotatable bonds is 8. The molecule has 0 radical (unpaired) electrons. The van der Waals surface area contributed by atoms with Crippen LogP contribution in [0.15, 0.2) is 18.2 Å². The second-order valence-corrected chi connectivity index (χ2v) is 5.20. The number of amides is 1. The Hall–Kier alpha value is -1.95. The lowest BCUT2D eigenvalue weighted by atomic mass is 9.93. The van der Waals surface area contributed by atoms with Crippen molar-refractivity contribution in [1.29, 1.82) is 0 Å². The number of ether oxygens (including phenoxy) is 3. The van der Waals surface area contributed by atoms with E-state index in [2.05, 4.69) is 5.32 Å². The zero-order chi connectivity index (χ0) is 15.5. The van der Waals surface area contributed by atoms with E-state index in [9.17, 15) is 4.79 Å². The molecule has 1 fully saturated rings. The molecule has 3 N–H and O–H groups in total. The van der Waals surface area contributed by atoms with Gasteiger partial charge in [0.15, 0.2) is 0 Å². The fourth-order valence-electron chi connectivity index (χ4n) is 2.43. The summed E-state index contributed by atoms with van der Waals surface area (Å²) < 4.78 is 16.2. The van der Waals surface area contributed by atoms with E-state index in [-0.39, 0.29) is 18.4 Å². The Kier molecular flexibility index (Phi) is 4.57. The van der Waals surface area contributed by atoms with E-state index >= 15 is 0 Å². The average molecular weight is 294 g/mol. The maximum absolute atomic E-state index is 11.8. The van der Waals surface area contributed by atoms with Crippen LogP contribution in [0.5, 0.6) is 17.2 Å². The third kappa shape index (κ3) is 3.21. The first-order chi connectivity index (χ1) is 10.1. The molecule has 6 heteroatoms. The molecule has 1 aliphatic rings. The number of hydrogen-bond acceptors (Lipinski definition) is 5. The fourth-order valence-corrected chi connectivity index (χ4v) is 2.43. The van der Waals surface area contributed by atoms with E-state index < -0.39 is 5.54 Å². The molecule has 0 saturated heterocycles. The highest BCUT2D eigenvalue weighted by molar-refractivity contribution is 5.85. The smallest absolute Gasteiger partial charge is 0.241 e. The third-order valence-corrected chi connectivity index (χ3v) is 3.95. The number of methoxy groups -OCH3 is 2. The zero-order valence-electron chi connectivity index (χ0n) is 12.6. The minimum Gasteiger partial charge on any atom is -0.496 e. The normalized spacial score (nSPS) is 16.9. The van der Waals surface area contributed by atoms with E-state index in [1.807, 2.05) is 0 Å². The van der Waals surface area contributed by atoms with Crippen molar-refractivity contribution in [2.75, 3.05) is 27.9 Å². The number of carbonyl (C=O) groups excluding carboxylic acids is 1. The van der Waals surface area contributed by atoms with Gasteiger partial charge in [0.2, 0.25) is 5.91 Å². The van der Waals surface area contributed by atoms with Crippen molar-refractivity contribution in [3.8, 4) is 17.2 Å². The molecule has 1 aromatic rings. The van der Waals surface area contributed by atoms with Crippen LogP contribution in [0.25, 0.3) is 0 Å². The topological polar surface area (TPSA) is 82.8 Å². The summed E-state index contributed by atoms with van der Waals surface area (Å²) in [4.78, 5) is 11.8. The van der Waals surface area contributed by atoms with E-state index in [1.165, 1.54) is 0 Å². The van der Waals surface area contributed by atoms with Crippen molar-refractivity contribution in [3.63, 3.8) is 0 Å². The molecule has 2 rings (SSSR count). The summed E-state index contributed by atoms with van der Waals surface area (Å²) in [6.45, 7) is 0.180. The van der Waals surface area contributed by atoms with Gasteiger partial charge in [0.25, 0.3) is 0 Å². The predicted molar refractivity (Wildman–Crippen MR) is 78.8 cm³/mol. The Morgan fingerprint density at radius 2 is 1.76 bits per heavy atom. The second kappa shape index (κ2) is 6.22. The molecule has 6 nitrogen and oxygen atoms in total. The van der Waals surface area contributed by atoms with E-state index in [4.69, 9.17) is 19.9 Å². The van der Waals surface area contributed by atoms with Gasteiger partial charge in [-0.3, -0.25) is 4.79 Å². The van der Waals surface area contributed by atoms with Gasteiger partial charge in [0, 0.05) is 18.2 Å². The van der Waals surface area contributed by atoms with Crippen LogP contribution in [0.1, 0.15) is 12.8 Å². The van der Waals surface area contributed by atoms with Gasteiger partial charge in [0.05, 0.1) is 14.2 Å². The molecule has 1 aromatic carbocycles. The molecular formula is C15H22N2O4. The Balaban J connectivity index is 2.15. The molecule has 116 valence electrons. The van der Waals surface area contributed by atoms with Gasteiger partial charge < -0.3 is 25.3 Å². The highest BCUT2D eigenvalue weighted by atomic mass is 16.5. The Morgan fingerprint density at radius 1 is 1.24 bits per heavy atom. The first-order valence-electron chi connectivity index (χ1n) is 6.90. The quantitative estimate of drug-likeness (QED) is 0.745. The number of primary amides is 1. The SMILES string of the molecule is CNC(COc1cc(OC)cc(OC)c1)(C(N)=O)C1CC1. The highest BCUT2D eigenvalue weighted by Gasteiger charge is 2.49. The van der Waals surface area contributed by atoms with Crippen molar-refractivity contribution >= 4 is 5.91 Å². The first-order valence-corrected chi connectivity index (χ1v) is 6.90.